The number of pyridine rings is 1. The number of hydrogen-bond donors (Lipinski definition) is 1. The van der Waals surface area contributed by atoms with Crippen LogP contribution in [-0.2, 0) is 0 Å². The van der Waals surface area contributed by atoms with Gasteiger partial charge >= 0.3 is 0 Å². The van der Waals surface area contributed by atoms with E-state index in [0.29, 0.717) is 41.1 Å². The number of halogens is 2. The molecule has 9 heteroatoms. The number of hydrogen-bond acceptors (Lipinski definition) is 5. The van der Waals surface area contributed by atoms with Gasteiger partial charge in [0.1, 0.15) is 5.52 Å². The number of alkyl halides is 2. The molecule has 2 aromatic heterocycles. The molecule has 0 radical (unpaired) electrons. The monoisotopic (exact) mass is 477 g/mol. The van der Waals surface area contributed by atoms with Crippen LogP contribution in [0.3, 0.4) is 0 Å². The van der Waals surface area contributed by atoms with Gasteiger partial charge in [-0.1, -0.05) is 5.92 Å². The van der Waals surface area contributed by atoms with Crippen LogP contribution >= 0.6 is 0 Å². The third-order valence-electron chi connectivity index (χ3n) is 5.84. The summed E-state index contributed by atoms with van der Waals surface area (Å²) in [5.74, 6) is 3.36. The smallest absolute Gasteiger partial charge is 0.255 e. The number of nitriles is 1. The molecule has 0 bridgehead atoms. The van der Waals surface area contributed by atoms with Crippen LogP contribution in [0.1, 0.15) is 61.3 Å². The first kappa shape index (κ1) is 24.3. The molecule has 0 unspecified atom stereocenters. The van der Waals surface area contributed by atoms with Crippen molar-refractivity contribution in [3.05, 3.63) is 53.5 Å². The minimum atomic E-state index is -2.74. The van der Waals surface area contributed by atoms with Crippen molar-refractivity contribution < 1.29 is 18.7 Å². The number of amides is 1. The average molecular weight is 478 g/mol. The van der Waals surface area contributed by atoms with Crippen LogP contribution in [-0.4, -0.2) is 55.1 Å². The van der Waals surface area contributed by atoms with Gasteiger partial charge in [-0.25, -0.2) is 18.7 Å². The molecule has 0 saturated carbocycles. The Labute approximate surface area is 202 Å². The summed E-state index contributed by atoms with van der Waals surface area (Å²) in [5, 5.41) is 19.0. The van der Waals surface area contributed by atoms with E-state index < -0.39 is 11.5 Å². The van der Waals surface area contributed by atoms with Crippen molar-refractivity contribution in [2.75, 3.05) is 13.1 Å². The molecule has 1 aliphatic rings. The highest BCUT2D eigenvalue weighted by Crippen LogP contribution is 2.29. The number of nitrogens with zero attached hydrogens (tertiary/aromatic N) is 5. The molecular weight excluding hydrogens is 452 g/mol. The highest BCUT2D eigenvalue weighted by Gasteiger charge is 2.36. The first-order chi connectivity index (χ1) is 16.6. The first-order valence-corrected chi connectivity index (χ1v) is 11.3. The van der Waals surface area contributed by atoms with Crippen molar-refractivity contribution in [2.24, 2.45) is 0 Å². The topological polar surface area (TPSA) is 95.0 Å². The summed E-state index contributed by atoms with van der Waals surface area (Å²) >= 11 is 0. The molecule has 1 fully saturated rings. The van der Waals surface area contributed by atoms with Gasteiger partial charge in [0.05, 0.1) is 22.8 Å². The second-order valence-electron chi connectivity index (χ2n) is 9.26. The van der Waals surface area contributed by atoms with Gasteiger partial charge in [0.15, 0.2) is 11.5 Å². The Bertz CT molecular complexity index is 1350. The minimum Gasteiger partial charge on any atom is -0.390 e. The number of benzene rings is 1. The van der Waals surface area contributed by atoms with Crippen molar-refractivity contribution in [1.29, 1.82) is 5.26 Å². The van der Waals surface area contributed by atoms with E-state index in [1.807, 2.05) is 0 Å². The number of carbonyl (C=O) groups is 1. The molecule has 180 valence electrons. The Balaban J connectivity index is 1.70. The van der Waals surface area contributed by atoms with Crippen molar-refractivity contribution in [3.8, 4) is 23.6 Å². The predicted molar refractivity (Wildman–Crippen MR) is 126 cm³/mol. The predicted octanol–water partition coefficient (Wildman–Crippen LogP) is 4.07. The van der Waals surface area contributed by atoms with Gasteiger partial charge in [-0.2, -0.15) is 5.26 Å². The number of imidazole rings is 1. The van der Waals surface area contributed by atoms with E-state index in [-0.39, 0.29) is 37.4 Å². The lowest BCUT2D eigenvalue weighted by Gasteiger charge is -2.31. The molecule has 1 saturated heterocycles. The Morgan fingerprint density at radius 3 is 2.54 bits per heavy atom. The van der Waals surface area contributed by atoms with Gasteiger partial charge in [-0.3, -0.25) is 9.36 Å². The van der Waals surface area contributed by atoms with Crippen LogP contribution in [0, 0.1) is 23.2 Å². The second kappa shape index (κ2) is 9.44. The summed E-state index contributed by atoms with van der Waals surface area (Å²) in [6, 6.07) is 10.6. The summed E-state index contributed by atoms with van der Waals surface area (Å²) in [6.07, 6.45) is 1.66. The van der Waals surface area contributed by atoms with E-state index in [1.165, 1.54) is 11.1 Å². The van der Waals surface area contributed by atoms with E-state index in [1.54, 1.807) is 48.7 Å². The van der Waals surface area contributed by atoms with Gasteiger partial charge in [-0.15, -0.1) is 0 Å². The maximum Gasteiger partial charge on any atom is 0.255 e. The molecule has 0 spiro atoms. The minimum absolute atomic E-state index is 0.0124. The average Bonchev–Trinajstić information content (AvgIpc) is 3.18. The van der Waals surface area contributed by atoms with Crippen LogP contribution in [0.25, 0.3) is 16.9 Å². The van der Waals surface area contributed by atoms with Gasteiger partial charge in [0.25, 0.3) is 11.8 Å². The molecule has 7 nitrogen and oxygen atoms in total. The van der Waals surface area contributed by atoms with Crippen LogP contribution in [0.4, 0.5) is 8.78 Å². The quantitative estimate of drug-likeness (QED) is 0.572. The van der Waals surface area contributed by atoms with E-state index in [0.717, 1.165) is 0 Å². The number of aliphatic hydroxyl groups is 1. The number of aromatic nitrogens is 3. The molecule has 1 aliphatic heterocycles. The maximum atomic E-state index is 13.5. The summed E-state index contributed by atoms with van der Waals surface area (Å²) in [5.41, 5.74) is 1.55. The zero-order chi connectivity index (χ0) is 25.2. The van der Waals surface area contributed by atoms with Gasteiger partial charge in [0.2, 0.25) is 0 Å². The van der Waals surface area contributed by atoms with E-state index >= 15 is 0 Å². The van der Waals surface area contributed by atoms with Gasteiger partial charge < -0.3 is 10.0 Å². The maximum absolute atomic E-state index is 13.5. The standard InChI is InChI=1S/C26H25F2N5O2/c1-25(2,35)10-4-3-5-22-31-21-15-19(24(34)32-13-11-26(27,28)12-14-32)17-30-23(21)33(22)20-8-6-18(16-29)7-9-20/h6-9,15,17,35H,4,10-14H2,1-2H3. The lowest BCUT2D eigenvalue weighted by Crippen LogP contribution is -2.42. The molecule has 3 aromatic rings. The van der Waals surface area contributed by atoms with Crippen molar-refractivity contribution in [1.82, 2.24) is 19.4 Å². The fourth-order valence-corrected chi connectivity index (χ4v) is 3.82. The Morgan fingerprint density at radius 2 is 1.91 bits per heavy atom. The van der Waals surface area contributed by atoms with Crippen LogP contribution in [0.15, 0.2) is 36.5 Å². The van der Waals surface area contributed by atoms with E-state index in [9.17, 15) is 18.7 Å². The number of piperidine rings is 1. The molecule has 1 N–H and O–H groups in total. The lowest BCUT2D eigenvalue weighted by molar-refractivity contribution is -0.0494. The van der Waals surface area contributed by atoms with Crippen LogP contribution in [0.2, 0.25) is 0 Å². The van der Waals surface area contributed by atoms with Gasteiger partial charge in [0, 0.05) is 44.2 Å². The third-order valence-corrected chi connectivity index (χ3v) is 5.84. The Hall–Kier alpha value is -3.82. The molecule has 0 atom stereocenters. The molecule has 4 rings (SSSR count). The van der Waals surface area contributed by atoms with Crippen LogP contribution in [0.5, 0.6) is 0 Å². The molecule has 3 heterocycles. The fourth-order valence-electron chi connectivity index (χ4n) is 3.82. The zero-order valence-electron chi connectivity index (χ0n) is 19.6. The number of rotatable bonds is 4. The third kappa shape index (κ3) is 5.64. The summed E-state index contributed by atoms with van der Waals surface area (Å²) in [7, 11) is 0. The second-order valence-corrected chi connectivity index (χ2v) is 9.26. The zero-order valence-corrected chi connectivity index (χ0v) is 19.6. The number of carbonyl (C=O) groups excluding carboxylic acids is 1. The summed E-state index contributed by atoms with van der Waals surface area (Å²) in [6.45, 7) is 3.40. The molecular formula is C26H25F2N5O2. The lowest BCUT2D eigenvalue weighted by atomic mass is 10.0. The van der Waals surface area contributed by atoms with Crippen molar-refractivity contribution >= 4 is 17.1 Å². The highest BCUT2D eigenvalue weighted by molar-refractivity contribution is 5.96. The molecule has 1 amide bonds. The summed E-state index contributed by atoms with van der Waals surface area (Å²) in [4.78, 5) is 23.4. The van der Waals surface area contributed by atoms with E-state index in [4.69, 9.17) is 5.26 Å². The van der Waals surface area contributed by atoms with Crippen molar-refractivity contribution in [2.45, 2.75) is 51.1 Å². The summed E-state index contributed by atoms with van der Waals surface area (Å²) < 4.78 is 28.7. The Kier molecular flexibility index (Phi) is 6.56. The Morgan fingerprint density at radius 1 is 1.23 bits per heavy atom. The van der Waals surface area contributed by atoms with E-state index in [2.05, 4.69) is 27.9 Å². The normalized spacial score (nSPS) is 15.4. The molecule has 0 aliphatic carbocycles. The van der Waals surface area contributed by atoms with Crippen LogP contribution < -0.4 is 0 Å². The van der Waals surface area contributed by atoms with Gasteiger partial charge in [-0.05, 0) is 56.5 Å². The molecule has 35 heavy (non-hydrogen) atoms. The number of fused-ring (bicyclic) bond motifs is 1. The number of likely N-dealkylation sites (tertiary alicyclic amines) is 1. The highest BCUT2D eigenvalue weighted by atomic mass is 19.3. The largest absolute Gasteiger partial charge is 0.390 e. The molecule has 1 aromatic carbocycles. The SMILES string of the molecule is CC(C)(O)CCC#Cc1nc2cc(C(=O)N3CCC(F)(F)CC3)cnc2n1-c1ccc(C#N)cc1. The fraction of sp³-hybridized carbons (Fsp3) is 0.385. The van der Waals surface area contributed by atoms with Crippen molar-refractivity contribution in [3.63, 3.8) is 0 Å². The first-order valence-electron chi connectivity index (χ1n) is 11.3.